The molecule has 2 aromatic carbocycles. The molecule has 0 amide bonds. The second-order valence-corrected chi connectivity index (χ2v) is 12.3. The number of carbonyl (C=O) groups is 3. The maximum Gasteiger partial charge on any atom is 0.348 e. The van der Waals surface area contributed by atoms with Gasteiger partial charge in [0.05, 0.1) is 11.5 Å². The molecule has 2 saturated carbocycles. The topological polar surface area (TPSA) is 135 Å². The minimum atomic E-state index is -1.23. The lowest BCUT2D eigenvalue weighted by atomic mass is 9.92. The van der Waals surface area contributed by atoms with Crippen LogP contribution in [0.15, 0.2) is 96.2 Å². The van der Waals surface area contributed by atoms with Crippen LogP contribution in [0.1, 0.15) is 69.8 Å². The van der Waals surface area contributed by atoms with Gasteiger partial charge in [-0.1, -0.05) is 43.2 Å². The Balaban J connectivity index is 0.000000172. The monoisotopic (exact) mass is 639 g/mol. The van der Waals surface area contributed by atoms with Crippen molar-refractivity contribution in [3.05, 3.63) is 102 Å². The van der Waals surface area contributed by atoms with E-state index in [1.807, 2.05) is 59.4 Å². The normalized spacial score (nSPS) is 19.9. The first kappa shape index (κ1) is 31.8. The fourth-order valence-corrected chi connectivity index (χ4v) is 6.28. The summed E-state index contributed by atoms with van der Waals surface area (Å²) in [7, 11) is 0. The molecule has 3 aromatic rings. The van der Waals surface area contributed by atoms with Crippen LogP contribution in [0.25, 0.3) is 16.8 Å². The fraction of sp³-hybridized carbons (Fsp3) is 0.351. The summed E-state index contributed by atoms with van der Waals surface area (Å²) < 4.78 is 23.4. The predicted octanol–water partition coefficient (Wildman–Crippen LogP) is 5.12. The summed E-state index contributed by atoms with van der Waals surface area (Å²) in [4.78, 5) is 37.1. The van der Waals surface area contributed by atoms with Crippen molar-refractivity contribution in [2.24, 2.45) is 0 Å². The number of phenolic OH excluding ortho intramolecular Hbond substituents is 1. The first-order valence-electron chi connectivity index (χ1n) is 16.0. The number of benzene rings is 2. The number of nitrogens with zero attached hydrogens (tertiary/aromatic N) is 1. The number of aromatic hydroxyl groups is 1. The maximum absolute atomic E-state index is 12.4. The maximum atomic E-state index is 12.4. The zero-order valence-corrected chi connectivity index (χ0v) is 26.2. The lowest BCUT2D eigenvalue weighted by Crippen LogP contribution is -2.48. The van der Waals surface area contributed by atoms with Gasteiger partial charge >= 0.3 is 17.9 Å². The van der Waals surface area contributed by atoms with Crippen molar-refractivity contribution < 1.29 is 48.1 Å². The summed E-state index contributed by atoms with van der Waals surface area (Å²) in [6.07, 6.45) is 11.8. The first-order chi connectivity index (χ1) is 22.7. The minimum absolute atomic E-state index is 0.299. The van der Waals surface area contributed by atoms with Crippen LogP contribution in [0.3, 0.4) is 0 Å². The lowest BCUT2D eigenvalue weighted by molar-refractivity contribution is -0.595. The van der Waals surface area contributed by atoms with Crippen molar-refractivity contribution >= 4 is 17.9 Å². The molecule has 1 aromatic heterocycles. The molecular weight excluding hydrogens is 602 g/mol. The smallest absolute Gasteiger partial charge is 0.348 e. The highest BCUT2D eigenvalue weighted by Gasteiger charge is 2.47. The van der Waals surface area contributed by atoms with E-state index in [1.54, 1.807) is 6.07 Å². The molecule has 1 N–H and O–H groups in total. The number of hydrogen-bond donors (Lipinski definition) is 1. The van der Waals surface area contributed by atoms with Gasteiger partial charge < -0.3 is 29.2 Å². The molecule has 2 spiro atoms. The van der Waals surface area contributed by atoms with Crippen molar-refractivity contribution in [3.63, 3.8) is 0 Å². The summed E-state index contributed by atoms with van der Waals surface area (Å²) in [6, 6.07) is 19.7. The molecule has 2 aliphatic heterocycles. The van der Waals surface area contributed by atoms with Crippen LogP contribution in [0.4, 0.5) is 0 Å². The van der Waals surface area contributed by atoms with E-state index in [2.05, 4.69) is 19.1 Å². The van der Waals surface area contributed by atoms with Crippen LogP contribution >= 0.6 is 0 Å². The van der Waals surface area contributed by atoms with E-state index in [4.69, 9.17) is 18.9 Å². The van der Waals surface area contributed by atoms with Crippen molar-refractivity contribution in [2.45, 2.75) is 82.7 Å². The molecule has 3 heterocycles. The molecular formula is C37H37NO9. The molecule has 0 unspecified atom stereocenters. The number of ether oxygens (including phenoxy) is 4. The van der Waals surface area contributed by atoms with Crippen molar-refractivity contribution in [1.82, 2.24) is 0 Å². The van der Waals surface area contributed by atoms with Gasteiger partial charge in [-0.05, 0) is 68.7 Å². The Labute approximate surface area is 272 Å². The Morgan fingerprint density at radius 1 is 0.723 bits per heavy atom. The quantitative estimate of drug-likeness (QED) is 0.179. The Kier molecular flexibility index (Phi) is 9.02. The van der Waals surface area contributed by atoms with Crippen LogP contribution in [-0.2, 0) is 33.3 Å². The third kappa shape index (κ3) is 7.01. The SMILES string of the molecule is Cc1cc[n+](-c2ccc(O)c(-c3ccccc3)c2)cc1.O=C1OC2(CCCCC2)OC(=O)C1=CC1=C([O-])OC2(CCCCC2)OC1=O. The molecule has 244 valence electrons. The average molecular weight is 640 g/mol. The van der Waals surface area contributed by atoms with Gasteiger partial charge in [-0.2, -0.15) is 4.57 Å². The van der Waals surface area contributed by atoms with E-state index < -0.39 is 46.6 Å². The van der Waals surface area contributed by atoms with Gasteiger partial charge in [-0.25, -0.2) is 14.4 Å². The van der Waals surface area contributed by atoms with Crippen LogP contribution in [0.2, 0.25) is 0 Å². The van der Waals surface area contributed by atoms with E-state index in [0.29, 0.717) is 31.4 Å². The number of aromatic nitrogens is 1. The van der Waals surface area contributed by atoms with E-state index >= 15 is 0 Å². The Morgan fingerprint density at radius 3 is 1.85 bits per heavy atom. The largest absolute Gasteiger partial charge is 0.574 e. The van der Waals surface area contributed by atoms with Crippen LogP contribution in [0.5, 0.6) is 5.75 Å². The van der Waals surface area contributed by atoms with Crippen molar-refractivity contribution in [3.8, 4) is 22.6 Å². The van der Waals surface area contributed by atoms with Crippen molar-refractivity contribution in [2.75, 3.05) is 0 Å². The molecule has 0 atom stereocenters. The molecule has 3 fully saturated rings. The molecule has 2 aliphatic carbocycles. The first-order valence-corrected chi connectivity index (χ1v) is 16.0. The summed E-state index contributed by atoms with van der Waals surface area (Å²) in [5.74, 6) is -5.77. The summed E-state index contributed by atoms with van der Waals surface area (Å²) in [5, 5.41) is 22.4. The number of rotatable bonds is 3. The molecule has 1 saturated heterocycles. The molecule has 0 radical (unpaired) electrons. The number of esters is 3. The van der Waals surface area contributed by atoms with Gasteiger partial charge in [-0.3, -0.25) is 0 Å². The van der Waals surface area contributed by atoms with Gasteiger partial charge in [0.15, 0.2) is 18.2 Å². The van der Waals surface area contributed by atoms with Gasteiger partial charge in [0.2, 0.25) is 5.69 Å². The molecule has 47 heavy (non-hydrogen) atoms. The van der Waals surface area contributed by atoms with Crippen LogP contribution in [0, 0.1) is 6.92 Å². The second kappa shape index (κ2) is 13.3. The van der Waals surface area contributed by atoms with Crippen LogP contribution < -0.4 is 9.67 Å². The number of phenols is 1. The molecule has 10 nitrogen and oxygen atoms in total. The third-order valence-electron chi connectivity index (χ3n) is 8.87. The molecule has 0 bridgehead atoms. The Morgan fingerprint density at radius 2 is 1.28 bits per heavy atom. The minimum Gasteiger partial charge on any atom is -0.574 e. The lowest BCUT2D eigenvalue weighted by Gasteiger charge is -2.46. The standard InChI is InChI=1S/C19H22O8.C18H15NO/c20-14-12(15(21)25-18(24-14)7-3-1-4-8-18)11-13-16(22)26-19(27-17(13)23)9-5-2-6-10-19;1-14-9-11-19(12-10-14)16-7-8-18(20)17(13-16)15-5-3-2-4-6-15/h11,20H,1-10H2;2-13H,1H3. The zero-order valence-electron chi connectivity index (χ0n) is 26.2. The van der Waals surface area contributed by atoms with E-state index in [9.17, 15) is 24.6 Å². The van der Waals surface area contributed by atoms with Gasteiger partial charge in [0.25, 0.3) is 5.79 Å². The summed E-state index contributed by atoms with van der Waals surface area (Å²) in [5.41, 5.74) is 3.10. The molecule has 7 rings (SSSR count). The van der Waals surface area contributed by atoms with Crippen LogP contribution in [-0.4, -0.2) is 34.6 Å². The molecule has 10 heteroatoms. The number of pyridine rings is 1. The van der Waals surface area contributed by atoms with Gasteiger partial charge in [0.1, 0.15) is 11.3 Å². The highest BCUT2D eigenvalue weighted by Crippen LogP contribution is 2.40. The number of hydrogen-bond acceptors (Lipinski definition) is 9. The second-order valence-electron chi connectivity index (χ2n) is 12.3. The highest BCUT2D eigenvalue weighted by atomic mass is 16.8. The van der Waals surface area contributed by atoms with E-state index in [1.165, 1.54) is 5.56 Å². The Hall–Kier alpha value is -5.12. The average Bonchev–Trinajstić information content (AvgIpc) is 3.06. The third-order valence-corrected chi connectivity index (χ3v) is 8.87. The zero-order chi connectivity index (χ0) is 33.0. The number of carbonyl (C=O) groups excluding carboxylic acids is 3. The predicted molar refractivity (Wildman–Crippen MR) is 166 cm³/mol. The molecule has 4 aliphatic rings. The summed E-state index contributed by atoms with van der Waals surface area (Å²) >= 11 is 0. The van der Waals surface area contributed by atoms with Gasteiger partial charge in [-0.15, -0.1) is 0 Å². The highest BCUT2D eigenvalue weighted by molar-refractivity contribution is 6.16. The van der Waals surface area contributed by atoms with Gasteiger partial charge in [0, 0.05) is 42.7 Å². The Bertz CT molecular complexity index is 1690. The van der Waals surface area contributed by atoms with E-state index in [-0.39, 0.29) is 0 Å². The fourth-order valence-electron chi connectivity index (χ4n) is 6.28. The summed E-state index contributed by atoms with van der Waals surface area (Å²) in [6.45, 7) is 2.07. The van der Waals surface area contributed by atoms with E-state index in [0.717, 1.165) is 61.4 Å². The number of aryl methyl sites for hydroxylation is 1. The van der Waals surface area contributed by atoms with Crippen molar-refractivity contribution in [1.29, 1.82) is 0 Å².